The van der Waals surface area contributed by atoms with Gasteiger partial charge in [0, 0.05) is 12.6 Å². The molecule has 134 valence electrons. The van der Waals surface area contributed by atoms with Crippen molar-refractivity contribution in [3.63, 3.8) is 0 Å². The second kappa shape index (κ2) is 9.17. The lowest BCUT2D eigenvalue weighted by atomic mass is 10.1. The molecule has 6 nitrogen and oxygen atoms in total. The molecular formula is C20H20N2O4. The summed E-state index contributed by atoms with van der Waals surface area (Å²) >= 11 is 0. The third kappa shape index (κ3) is 5.59. The van der Waals surface area contributed by atoms with Crippen LogP contribution in [0.1, 0.15) is 29.8 Å². The molecule has 6 heteroatoms. The van der Waals surface area contributed by atoms with E-state index in [1.165, 1.54) is 6.92 Å². The average Bonchev–Trinajstić information content (AvgIpc) is 2.62. The minimum Gasteiger partial charge on any atom is -0.462 e. The number of esters is 1. The molecular weight excluding hydrogens is 332 g/mol. The van der Waals surface area contributed by atoms with Crippen molar-refractivity contribution in [1.29, 1.82) is 0 Å². The van der Waals surface area contributed by atoms with Crippen LogP contribution in [0.3, 0.4) is 0 Å². The van der Waals surface area contributed by atoms with Gasteiger partial charge in [-0.3, -0.25) is 9.59 Å². The molecule has 0 heterocycles. The van der Waals surface area contributed by atoms with Crippen molar-refractivity contribution in [2.24, 2.45) is 0 Å². The van der Waals surface area contributed by atoms with Crippen molar-refractivity contribution in [3.05, 3.63) is 71.4 Å². The van der Waals surface area contributed by atoms with E-state index < -0.39 is 11.9 Å². The smallest absolute Gasteiger partial charge is 0.338 e. The molecule has 2 aromatic rings. The van der Waals surface area contributed by atoms with E-state index in [1.807, 2.05) is 30.3 Å². The van der Waals surface area contributed by atoms with Crippen LogP contribution in [0, 0.1) is 0 Å². The zero-order valence-corrected chi connectivity index (χ0v) is 14.6. The first kappa shape index (κ1) is 18.9. The van der Waals surface area contributed by atoms with Crippen molar-refractivity contribution in [1.82, 2.24) is 5.32 Å². The van der Waals surface area contributed by atoms with Gasteiger partial charge in [-0.25, -0.2) is 4.79 Å². The Morgan fingerprint density at radius 1 is 1.00 bits per heavy atom. The van der Waals surface area contributed by atoms with Crippen LogP contribution in [-0.2, 0) is 14.3 Å². The molecule has 2 rings (SSSR count). The lowest BCUT2D eigenvalue weighted by Gasteiger charge is -2.10. The molecule has 0 aromatic heterocycles. The van der Waals surface area contributed by atoms with Gasteiger partial charge in [-0.1, -0.05) is 30.3 Å². The van der Waals surface area contributed by atoms with Gasteiger partial charge >= 0.3 is 5.97 Å². The fraction of sp³-hybridized carbons (Fsp3) is 0.150. The maximum absolute atomic E-state index is 12.5. The van der Waals surface area contributed by atoms with E-state index in [-0.39, 0.29) is 11.6 Å². The van der Waals surface area contributed by atoms with Crippen LogP contribution < -0.4 is 10.6 Å². The van der Waals surface area contributed by atoms with Gasteiger partial charge < -0.3 is 15.4 Å². The van der Waals surface area contributed by atoms with Crippen LogP contribution in [-0.4, -0.2) is 24.4 Å². The second-order valence-electron chi connectivity index (χ2n) is 5.40. The predicted molar refractivity (Wildman–Crippen MR) is 99.3 cm³/mol. The summed E-state index contributed by atoms with van der Waals surface area (Å²) in [6.45, 7) is 3.36. The van der Waals surface area contributed by atoms with E-state index in [4.69, 9.17) is 4.74 Å². The molecule has 0 radical (unpaired) electrons. The maximum Gasteiger partial charge on any atom is 0.338 e. The van der Waals surface area contributed by atoms with Crippen LogP contribution in [0.4, 0.5) is 5.69 Å². The van der Waals surface area contributed by atoms with Crippen molar-refractivity contribution >= 4 is 29.5 Å². The Labute approximate surface area is 151 Å². The van der Waals surface area contributed by atoms with Crippen molar-refractivity contribution in [3.8, 4) is 0 Å². The molecule has 0 atom stereocenters. The lowest BCUT2D eigenvalue weighted by Crippen LogP contribution is -2.28. The number of nitrogens with one attached hydrogen (secondary N) is 2. The Hall–Kier alpha value is -3.41. The quantitative estimate of drug-likeness (QED) is 0.618. The summed E-state index contributed by atoms with van der Waals surface area (Å²) in [4.78, 5) is 35.5. The van der Waals surface area contributed by atoms with Crippen molar-refractivity contribution in [2.45, 2.75) is 13.8 Å². The summed E-state index contributed by atoms with van der Waals surface area (Å²) in [6.07, 6.45) is 1.59. The van der Waals surface area contributed by atoms with E-state index in [0.29, 0.717) is 17.9 Å². The molecule has 0 aliphatic carbocycles. The van der Waals surface area contributed by atoms with E-state index >= 15 is 0 Å². The first-order chi connectivity index (χ1) is 12.5. The number of rotatable bonds is 6. The highest BCUT2D eigenvalue weighted by Crippen LogP contribution is 2.13. The van der Waals surface area contributed by atoms with Gasteiger partial charge in [0.2, 0.25) is 5.91 Å². The Kier molecular flexibility index (Phi) is 6.68. The molecule has 0 unspecified atom stereocenters. The minimum absolute atomic E-state index is 0.123. The monoisotopic (exact) mass is 352 g/mol. The zero-order valence-electron chi connectivity index (χ0n) is 14.6. The molecule has 0 fully saturated rings. The number of carbonyl (C=O) groups excluding carboxylic acids is 3. The van der Waals surface area contributed by atoms with Gasteiger partial charge in [0.15, 0.2) is 0 Å². The number of benzene rings is 2. The van der Waals surface area contributed by atoms with Crippen LogP contribution in [0.15, 0.2) is 60.3 Å². The SMILES string of the molecule is CCOC(=O)c1ccc(NC(=O)/C(=C/c2ccccc2)NC(C)=O)cc1. The van der Waals surface area contributed by atoms with Crippen LogP contribution >= 0.6 is 0 Å². The number of amides is 2. The fourth-order valence-electron chi connectivity index (χ4n) is 2.17. The molecule has 26 heavy (non-hydrogen) atoms. The number of hydrogen-bond acceptors (Lipinski definition) is 4. The predicted octanol–water partition coefficient (Wildman–Crippen LogP) is 2.98. The highest BCUT2D eigenvalue weighted by atomic mass is 16.5. The second-order valence-corrected chi connectivity index (χ2v) is 5.40. The molecule has 0 aliphatic rings. The van der Waals surface area contributed by atoms with Crippen LogP contribution in [0.5, 0.6) is 0 Å². The van der Waals surface area contributed by atoms with Gasteiger partial charge in [-0.2, -0.15) is 0 Å². The van der Waals surface area contributed by atoms with E-state index in [2.05, 4.69) is 10.6 Å². The van der Waals surface area contributed by atoms with Gasteiger partial charge in [0.1, 0.15) is 5.70 Å². The number of ether oxygens (including phenoxy) is 1. The van der Waals surface area contributed by atoms with Crippen LogP contribution in [0.25, 0.3) is 6.08 Å². The topological polar surface area (TPSA) is 84.5 Å². The minimum atomic E-state index is -0.465. The summed E-state index contributed by atoms with van der Waals surface area (Å²) in [7, 11) is 0. The first-order valence-electron chi connectivity index (χ1n) is 8.12. The molecule has 0 saturated carbocycles. The molecule has 0 spiro atoms. The van der Waals surface area contributed by atoms with Crippen molar-refractivity contribution in [2.75, 3.05) is 11.9 Å². The largest absolute Gasteiger partial charge is 0.462 e. The number of anilines is 1. The maximum atomic E-state index is 12.5. The zero-order chi connectivity index (χ0) is 18.9. The third-order valence-corrected chi connectivity index (χ3v) is 3.32. The number of carbonyl (C=O) groups is 3. The van der Waals surface area contributed by atoms with Gasteiger partial charge in [0.25, 0.3) is 5.91 Å². The third-order valence-electron chi connectivity index (χ3n) is 3.32. The summed E-state index contributed by atoms with van der Waals surface area (Å²) < 4.78 is 4.91. The highest BCUT2D eigenvalue weighted by Gasteiger charge is 2.12. The summed E-state index contributed by atoms with van der Waals surface area (Å²) in [6, 6.07) is 15.5. The fourth-order valence-corrected chi connectivity index (χ4v) is 2.17. The lowest BCUT2D eigenvalue weighted by molar-refractivity contribution is -0.120. The molecule has 2 amide bonds. The van der Waals surface area contributed by atoms with Crippen molar-refractivity contribution < 1.29 is 19.1 Å². The Morgan fingerprint density at radius 2 is 1.65 bits per heavy atom. The molecule has 2 N–H and O–H groups in total. The van der Waals surface area contributed by atoms with E-state index in [1.54, 1.807) is 37.3 Å². The Balaban J connectivity index is 2.15. The summed E-state index contributed by atoms with van der Waals surface area (Å²) in [5, 5.41) is 5.22. The van der Waals surface area contributed by atoms with Crippen LogP contribution in [0.2, 0.25) is 0 Å². The van der Waals surface area contributed by atoms with E-state index in [9.17, 15) is 14.4 Å². The van der Waals surface area contributed by atoms with Gasteiger partial charge in [-0.15, -0.1) is 0 Å². The number of hydrogen-bond donors (Lipinski definition) is 2. The highest BCUT2D eigenvalue weighted by molar-refractivity contribution is 6.08. The summed E-state index contributed by atoms with van der Waals surface area (Å²) in [5.74, 6) is -1.23. The van der Waals surface area contributed by atoms with Gasteiger partial charge in [0.05, 0.1) is 12.2 Å². The molecule has 0 bridgehead atoms. The molecule has 2 aromatic carbocycles. The van der Waals surface area contributed by atoms with E-state index in [0.717, 1.165) is 5.56 Å². The average molecular weight is 352 g/mol. The molecule has 0 saturated heterocycles. The van der Waals surface area contributed by atoms with Gasteiger partial charge in [-0.05, 0) is 42.8 Å². The summed E-state index contributed by atoms with van der Waals surface area (Å²) in [5.41, 5.74) is 1.79. The first-order valence-corrected chi connectivity index (χ1v) is 8.12. The standard InChI is InChI=1S/C20H20N2O4/c1-3-26-20(25)16-9-11-17(12-10-16)22-19(24)18(21-14(2)23)13-15-7-5-4-6-8-15/h4-13H,3H2,1-2H3,(H,21,23)(H,22,24)/b18-13-. The normalized spacial score (nSPS) is 10.8. The molecule has 0 aliphatic heterocycles. The Morgan fingerprint density at radius 3 is 2.23 bits per heavy atom. The Bertz CT molecular complexity index is 811.